The minimum absolute atomic E-state index is 0.0881. The van der Waals surface area contributed by atoms with E-state index in [4.69, 9.17) is 9.47 Å². The van der Waals surface area contributed by atoms with Gasteiger partial charge in [0.25, 0.3) is 0 Å². The molecule has 1 aliphatic heterocycles. The topological polar surface area (TPSA) is 55.8 Å². The monoisotopic (exact) mass is 289 g/mol. The van der Waals surface area contributed by atoms with Crippen LogP contribution >= 0.6 is 0 Å². The summed E-state index contributed by atoms with van der Waals surface area (Å²) in [5, 5.41) is 0. The summed E-state index contributed by atoms with van der Waals surface area (Å²) < 4.78 is 10.5. The van der Waals surface area contributed by atoms with Gasteiger partial charge in [-0.2, -0.15) is 0 Å². The van der Waals surface area contributed by atoms with Gasteiger partial charge in [0.2, 0.25) is 5.91 Å². The van der Waals surface area contributed by atoms with E-state index in [9.17, 15) is 9.59 Å². The van der Waals surface area contributed by atoms with Crippen LogP contribution in [0, 0.1) is 5.92 Å². The number of hydrogen-bond acceptors (Lipinski definition) is 4. The van der Waals surface area contributed by atoms with Crippen molar-refractivity contribution in [1.82, 2.24) is 0 Å². The number of amides is 1. The molecule has 0 spiro atoms. The van der Waals surface area contributed by atoms with Gasteiger partial charge in [-0.25, -0.2) is 4.79 Å². The summed E-state index contributed by atoms with van der Waals surface area (Å²) >= 11 is 0. The number of carbonyl (C=O) groups excluding carboxylic acids is 2. The van der Waals surface area contributed by atoms with Gasteiger partial charge in [-0.15, -0.1) is 0 Å². The molecule has 0 aromatic heterocycles. The number of ether oxygens (including phenoxy) is 2. The SMILES string of the molecule is COC(=O)c1cc(OCC2CC2)cc(N2CCCC2=O)c1. The van der Waals surface area contributed by atoms with Crippen LogP contribution in [0.15, 0.2) is 18.2 Å². The summed E-state index contributed by atoms with van der Waals surface area (Å²) in [5.41, 5.74) is 1.13. The Morgan fingerprint density at radius 3 is 2.76 bits per heavy atom. The van der Waals surface area contributed by atoms with E-state index in [1.807, 2.05) is 6.07 Å². The van der Waals surface area contributed by atoms with Crippen LogP contribution in [0.1, 0.15) is 36.0 Å². The molecule has 112 valence electrons. The fourth-order valence-corrected chi connectivity index (χ4v) is 2.48. The molecule has 2 fully saturated rings. The van der Waals surface area contributed by atoms with Crippen molar-refractivity contribution in [1.29, 1.82) is 0 Å². The lowest BCUT2D eigenvalue weighted by atomic mass is 10.1. The Kier molecular flexibility index (Phi) is 3.82. The van der Waals surface area contributed by atoms with E-state index in [2.05, 4.69) is 0 Å². The maximum absolute atomic E-state index is 11.9. The standard InChI is InChI=1S/C16H19NO4/c1-20-16(19)12-7-13(17-6-2-3-15(17)18)9-14(8-12)21-10-11-4-5-11/h7-9,11H,2-6,10H2,1H3. The molecule has 1 aromatic carbocycles. The average molecular weight is 289 g/mol. The number of anilines is 1. The first-order valence-corrected chi connectivity index (χ1v) is 7.34. The summed E-state index contributed by atoms with van der Waals surface area (Å²) in [5.74, 6) is 0.924. The van der Waals surface area contributed by atoms with Crippen molar-refractivity contribution in [2.24, 2.45) is 5.92 Å². The lowest BCUT2D eigenvalue weighted by molar-refractivity contribution is -0.117. The Morgan fingerprint density at radius 1 is 1.33 bits per heavy atom. The zero-order valence-corrected chi connectivity index (χ0v) is 12.1. The van der Waals surface area contributed by atoms with Crippen molar-refractivity contribution in [3.8, 4) is 5.75 Å². The molecule has 2 aliphatic rings. The van der Waals surface area contributed by atoms with Gasteiger partial charge in [-0.05, 0) is 37.3 Å². The first kappa shape index (κ1) is 13.9. The van der Waals surface area contributed by atoms with Crippen LogP contribution in [0.4, 0.5) is 5.69 Å². The Balaban J connectivity index is 1.87. The van der Waals surface area contributed by atoms with Gasteiger partial charge in [0.15, 0.2) is 0 Å². The summed E-state index contributed by atoms with van der Waals surface area (Å²) in [6, 6.07) is 5.20. The van der Waals surface area contributed by atoms with Crippen LogP contribution in [0.25, 0.3) is 0 Å². The molecular formula is C16H19NO4. The lowest BCUT2D eigenvalue weighted by Crippen LogP contribution is -2.24. The normalized spacial score (nSPS) is 18.0. The molecule has 0 N–H and O–H groups in total. The Hall–Kier alpha value is -2.04. The molecule has 1 amide bonds. The third kappa shape index (κ3) is 3.17. The van der Waals surface area contributed by atoms with Crippen molar-refractivity contribution in [2.75, 3.05) is 25.2 Å². The van der Waals surface area contributed by atoms with Crippen LogP contribution < -0.4 is 9.64 Å². The fraction of sp³-hybridized carbons (Fsp3) is 0.500. The maximum Gasteiger partial charge on any atom is 0.338 e. The molecule has 5 heteroatoms. The number of nitrogens with zero attached hydrogens (tertiary/aromatic N) is 1. The lowest BCUT2D eigenvalue weighted by Gasteiger charge is -2.18. The molecule has 0 radical (unpaired) electrons. The third-order valence-corrected chi connectivity index (χ3v) is 3.88. The van der Waals surface area contributed by atoms with E-state index in [1.54, 1.807) is 17.0 Å². The van der Waals surface area contributed by atoms with Crippen LogP contribution in [-0.2, 0) is 9.53 Å². The second-order valence-electron chi connectivity index (χ2n) is 5.61. The van der Waals surface area contributed by atoms with E-state index in [-0.39, 0.29) is 5.91 Å². The zero-order chi connectivity index (χ0) is 14.8. The van der Waals surface area contributed by atoms with E-state index in [0.717, 1.165) is 6.42 Å². The molecule has 5 nitrogen and oxygen atoms in total. The zero-order valence-electron chi connectivity index (χ0n) is 12.1. The highest BCUT2D eigenvalue weighted by atomic mass is 16.5. The number of rotatable bonds is 5. The minimum atomic E-state index is -0.417. The van der Waals surface area contributed by atoms with Crippen molar-refractivity contribution in [3.05, 3.63) is 23.8 Å². The molecule has 1 saturated heterocycles. The minimum Gasteiger partial charge on any atom is -0.493 e. The molecule has 21 heavy (non-hydrogen) atoms. The molecular weight excluding hydrogens is 270 g/mol. The molecule has 0 atom stereocenters. The van der Waals surface area contributed by atoms with E-state index in [1.165, 1.54) is 20.0 Å². The predicted molar refractivity (Wildman–Crippen MR) is 77.6 cm³/mol. The van der Waals surface area contributed by atoms with Gasteiger partial charge < -0.3 is 14.4 Å². The molecule has 1 aromatic rings. The molecule has 3 rings (SSSR count). The van der Waals surface area contributed by atoms with Gasteiger partial charge in [0, 0.05) is 24.7 Å². The van der Waals surface area contributed by atoms with Crippen LogP contribution in [0.5, 0.6) is 5.75 Å². The fourth-order valence-electron chi connectivity index (χ4n) is 2.48. The number of carbonyl (C=O) groups is 2. The Labute approximate surface area is 123 Å². The van der Waals surface area contributed by atoms with E-state index < -0.39 is 5.97 Å². The summed E-state index contributed by atoms with van der Waals surface area (Å²) in [6.45, 7) is 1.35. The highest BCUT2D eigenvalue weighted by molar-refractivity contribution is 5.98. The molecule has 1 saturated carbocycles. The number of benzene rings is 1. The average Bonchev–Trinajstić information content (AvgIpc) is 3.24. The highest BCUT2D eigenvalue weighted by Crippen LogP contribution is 2.32. The van der Waals surface area contributed by atoms with E-state index >= 15 is 0 Å². The predicted octanol–water partition coefficient (Wildman–Crippen LogP) is 2.39. The van der Waals surface area contributed by atoms with E-state index in [0.29, 0.717) is 42.5 Å². The number of esters is 1. The molecule has 1 aliphatic carbocycles. The second kappa shape index (κ2) is 5.76. The van der Waals surface area contributed by atoms with Gasteiger partial charge in [-0.3, -0.25) is 4.79 Å². The maximum atomic E-state index is 11.9. The first-order chi connectivity index (χ1) is 10.2. The Bertz CT molecular complexity index is 565. The Morgan fingerprint density at radius 2 is 2.14 bits per heavy atom. The highest BCUT2D eigenvalue weighted by Gasteiger charge is 2.25. The second-order valence-corrected chi connectivity index (χ2v) is 5.61. The molecule has 1 heterocycles. The van der Waals surface area contributed by atoms with Gasteiger partial charge in [-0.1, -0.05) is 0 Å². The summed E-state index contributed by atoms with van der Waals surface area (Å²) in [6.07, 6.45) is 3.81. The number of hydrogen-bond donors (Lipinski definition) is 0. The van der Waals surface area contributed by atoms with Crippen molar-refractivity contribution < 1.29 is 19.1 Å². The quantitative estimate of drug-likeness (QED) is 0.781. The first-order valence-electron chi connectivity index (χ1n) is 7.34. The van der Waals surface area contributed by atoms with Crippen LogP contribution in [0.2, 0.25) is 0 Å². The van der Waals surface area contributed by atoms with Gasteiger partial charge in [0.05, 0.1) is 19.3 Å². The van der Waals surface area contributed by atoms with Gasteiger partial charge >= 0.3 is 5.97 Å². The van der Waals surface area contributed by atoms with Gasteiger partial charge in [0.1, 0.15) is 5.75 Å². The number of methoxy groups -OCH3 is 1. The van der Waals surface area contributed by atoms with Crippen molar-refractivity contribution in [3.63, 3.8) is 0 Å². The molecule has 0 bridgehead atoms. The summed E-state index contributed by atoms with van der Waals surface area (Å²) in [7, 11) is 1.35. The smallest absolute Gasteiger partial charge is 0.338 e. The van der Waals surface area contributed by atoms with Crippen molar-refractivity contribution in [2.45, 2.75) is 25.7 Å². The third-order valence-electron chi connectivity index (χ3n) is 3.88. The van der Waals surface area contributed by atoms with Crippen molar-refractivity contribution >= 4 is 17.6 Å². The largest absolute Gasteiger partial charge is 0.493 e. The van der Waals surface area contributed by atoms with Crippen LogP contribution in [-0.4, -0.2) is 32.1 Å². The summed E-state index contributed by atoms with van der Waals surface area (Å²) in [4.78, 5) is 25.4. The molecule has 0 unspecified atom stereocenters. The van der Waals surface area contributed by atoms with Crippen LogP contribution in [0.3, 0.4) is 0 Å².